The first-order valence-corrected chi connectivity index (χ1v) is 7.59. The van der Waals surface area contributed by atoms with Gasteiger partial charge in [0, 0.05) is 24.3 Å². The number of rotatable bonds is 8. The van der Waals surface area contributed by atoms with Crippen LogP contribution < -0.4 is 10.6 Å². The fourth-order valence-electron chi connectivity index (χ4n) is 1.81. The Labute approximate surface area is 127 Å². The molecule has 1 aromatic rings. The number of hydrogen-bond acceptors (Lipinski definition) is 4. The summed E-state index contributed by atoms with van der Waals surface area (Å²) >= 11 is 0. The summed E-state index contributed by atoms with van der Waals surface area (Å²) in [6.07, 6.45) is 0.177. The predicted octanol–water partition coefficient (Wildman–Crippen LogP) is 2.79. The molecule has 0 saturated carbocycles. The standard InChI is InChI=1S/C16H27N3O2/c1-6-17-15-10-13(9-14(19-15)11(2)3)16(20)18-7-8-21-12(4)5/h9-12H,6-8H2,1-5H3,(H,17,19)(H,18,20). The molecule has 0 bridgehead atoms. The largest absolute Gasteiger partial charge is 0.377 e. The smallest absolute Gasteiger partial charge is 0.251 e. The summed E-state index contributed by atoms with van der Waals surface area (Å²) in [5.74, 6) is 0.928. The minimum atomic E-state index is -0.0918. The van der Waals surface area contributed by atoms with Crippen LogP contribution in [0.5, 0.6) is 0 Å². The molecular formula is C16H27N3O2. The zero-order valence-corrected chi connectivity index (χ0v) is 13.7. The lowest BCUT2D eigenvalue weighted by Gasteiger charge is -2.12. The van der Waals surface area contributed by atoms with E-state index in [9.17, 15) is 4.79 Å². The highest BCUT2D eigenvalue weighted by atomic mass is 16.5. The summed E-state index contributed by atoms with van der Waals surface area (Å²) in [7, 11) is 0. The number of aromatic nitrogens is 1. The Morgan fingerprint density at radius 1 is 1.29 bits per heavy atom. The van der Waals surface area contributed by atoms with Gasteiger partial charge >= 0.3 is 0 Å². The maximum atomic E-state index is 12.2. The second-order valence-corrected chi connectivity index (χ2v) is 5.53. The fourth-order valence-corrected chi connectivity index (χ4v) is 1.81. The zero-order chi connectivity index (χ0) is 15.8. The van der Waals surface area contributed by atoms with Gasteiger partial charge in [0.15, 0.2) is 0 Å². The summed E-state index contributed by atoms with van der Waals surface area (Å²) in [5.41, 5.74) is 1.55. The van der Waals surface area contributed by atoms with Crippen LogP contribution in [0.4, 0.5) is 5.82 Å². The summed E-state index contributed by atoms with van der Waals surface area (Å²) in [6, 6.07) is 3.64. The van der Waals surface area contributed by atoms with Crippen molar-refractivity contribution in [1.29, 1.82) is 0 Å². The Bertz CT molecular complexity index is 459. The quantitative estimate of drug-likeness (QED) is 0.723. The van der Waals surface area contributed by atoms with Crippen LogP contribution in [0.2, 0.25) is 0 Å². The van der Waals surface area contributed by atoms with Gasteiger partial charge in [-0.1, -0.05) is 13.8 Å². The molecule has 118 valence electrons. The van der Waals surface area contributed by atoms with Gasteiger partial charge in [-0.2, -0.15) is 0 Å². The molecule has 0 atom stereocenters. The van der Waals surface area contributed by atoms with E-state index in [0.717, 1.165) is 18.1 Å². The molecule has 0 spiro atoms. The number of pyridine rings is 1. The van der Waals surface area contributed by atoms with Gasteiger partial charge in [-0.3, -0.25) is 4.79 Å². The molecular weight excluding hydrogens is 266 g/mol. The van der Waals surface area contributed by atoms with Crippen LogP contribution in [0.1, 0.15) is 56.6 Å². The average molecular weight is 293 g/mol. The third kappa shape index (κ3) is 6.12. The van der Waals surface area contributed by atoms with Crippen molar-refractivity contribution < 1.29 is 9.53 Å². The molecule has 0 fully saturated rings. The van der Waals surface area contributed by atoms with Gasteiger partial charge in [0.05, 0.1) is 12.7 Å². The summed E-state index contributed by atoms with van der Waals surface area (Å²) < 4.78 is 5.41. The minimum absolute atomic E-state index is 0.0918. The number of amides is 1. The number of ether oxygens (including phenoxy) is 1. The lowest BCUT2D eigenvalue weighted by Crippen LogP contribution is -2.28. The number of nitrogens with zero attached hydrogens (tertiary/aromatic N) is 1. The van der Waals surface area contributed by atoms with Crippen LogP contribution in [0.3, 0.4) is 0 Å². The van der Waals surface area contributed by atoms with Crippen molar-refractivity contribution in [3.05, 3.63) is 23.4 Å². The number of anilines is 1. The van der Waals surface area contributed by atoms with Crippen LogP contribution in [-0.2, 0) is 4.74 Å². The van der Waals surface area contributed by atoms with Crippen molar-refractivity contribution >= 4 is 11.7 Å². The predicted molar refractivity (Wildman–Crippen MR) is 85.9 cm³/mol. The second-order valence-electron chi connectivity index (χ2n) is 5.53. The normalized spacial score (nSPS) is 11.0. The zero-order valence-electron chi connectivity index (χ0n) is 13.7. The molecule has 5 heteroatoms. The van der Waals surface area contributed by atoms with Gasteiger partial charge < -0.3 is 15.4 Å². The van der Waals surface area contributed by atoms with Crippen molar-refractivity contribution in [3.8, 4) is 0 Å². The van der Waals surface area contributed by atoms with Crippen LogP contribution in [-0.4, -0.2) is 36.7 Å². The van der Waals surface area contributed by atoms with Crippen LogP contribution >= 0.6 is 0 Å². The van der Waals surface area contributed by atoms with E-state index in [1.54, 1.807) is 6.07 Å². The first-order chi connectivity index (χ1) is 9.93. The molecule has 0 unspecified atom stereocenters. The summed E-state index contributed by atoms with van der Waals surface area (Å²) in [5, 5.41) is 6.03. The maximum Gasteiger partial charge on any atom is 0.251 e. The number of hydrogen-bond donors (Lipinski definition) is 2. The number of nitrogens with one attached hydrogen (secondary N) is 2. The molecule has 1 amide bonds. The molecule has 0 aliphatic carbocycles. The third-order valence-corrected chi connectivity index (χ3v) is 2.90. The highest BCUT2D eigenvalue weighted by molar-refractivity contribution is 5.95. The van der Waals surface area contributed by atoms with Crippen molar-refractivity contribution in [2.24, 2.45) is 0 Å². The lowest BCUT2D eigenvalue weighted by molar-refractivity contribution is 0.0746. The highest BCUT2D eigenvalue weighted by Crippen LogP contribution is 2.17. The lowest BCUT2D eigenvalue weighted by atomic mass is 10.1. The fraction of sp³-hybridized carbons (Fsp3) is 0.625. The molecule has 5 nitrogen and oxygen atoms in total. The van der Waals surface area contributed by atoms with E-state index >= 15 is 0 Å². The first-order valence-electron chi connectivity index (χ1n) is 7.59. The van der Waals surface area contributed by atoms with E-state index in [2.05, 4.69) is 29.5 Å². The van der Waals surface area contributed by atoms with Gasteiger partial charge in [0.25, 0.3) is 5.91 Å². The summed E-state index contributed by atoms with van der Waals surface area (Å²) in [4.78, 5) is 16.7. The van der Waals surface area contributed by atoms with Crippen molar-refractivity contribution in [3.63, 3.8) is 0 Å². The first kappa shape index (κ1) is 17.4. The Balaban J connectivity index is 2.73. The maximum absolute atomic E-state index is 12.2. The Hall–Kier alpha value is -1.62. The summed E-state index contributed by atoms with van der Waals surface area (Å²) in [6.45, 7) is 11.9. The monoisotopic (exact) mass is 293 g/mol. The van der Waals surface area contributed by atoms with Crippen LogP contribution in [0.15, 0.2) is 12.1 Å². The van der Waals surface area contributed by atoms with E-state index in [0.29, 0.717) is 18.7 Å². The topological polar surface area (TPSA) is 63.2 Å². The average Bonchev–Trinajstić information content (AvgIpc) is 2.43. The van der Waals surface area contributed by atoms with Gasteiger partial charge in [-0.15, -0.1) is 0 Å². The van der Waals surface area contributed by atoms with E-state index in [1.807, 2.05) is 26.8 Å². The SMILES string of the molecule is CCNc1cc(C(=O)NCCOC(C)C)cc(C(C)C)n1. The van der Waals surface area contributed by atoms with Crippen molar-refractivity contribution in [2.75, 3.05) is 25.0 Å². The van der Waals surface area contributed by atoms with E-state index < -0.39 is 0 Å². The van der Waals surface area contributed by atoms with Crippen LogP contribution in [0.25, 0.3) is 0 Å². The second kappa shape index (κ2) is 8.62. The van der Waals surface area contributed by atoms with Crippen molar-refractivity contribution in [2.45, 2.75) is 46.6 Å². The molecule has 0 aliphatic heterocycles. The molecule has 1 aromatic heterocycles. The minimum Gasteiger partial charge on any atom is -0.377 e. The van der Waals surface area contributed by atoms with E-state index in [4.69, 9.17) is 4.74 Å². The number of carbonyl (C=O) groups is 1. The molecule has 2 N–H and O–H groups in total. The molecule has 1 heterocycles. The van der Waals surface area contributed by atoms with Gasteiger partial charge in [-0.25, -0.2) is 4.98 Å². The molecule has 0 aromatic carbocycles. The van der Waals surface area contributed by atoms with E-state index in [1.165, 1.54) is 0 Å². The molecule has 21 heavy (non-hydrogen) atoms. The van der Waals surface area contributed by atoms with Crippen LogP contribution in [0, 0.1) is 0 Å². The van der Waals surface area contributed by atoms with Gasteiger partial charge in [0.1, 0.15) is 5.82 Å². The van der Waals surface area contributed by atoms with Crippen molar-refractivity contribution in [1.82, 2.24) is 10.3 Å². The Kier molecular flexibility index (Phi) is 7.15. The number of carbonyl (C=O) groups excluding carboxylic acids is 1. The Morgan fingerprint density at radius 2 is 2.00 bits per heavy atom. The molecule has 1 rings (SSSR count). The Morgan fingerprint density at radius 3 is 2.57 bits per heavy atom. The van der Waals surface area contributed by atoms with Gasteiger partial charge in [-0.05, 0) is 38.8 Å². The third-order valence-electron chi connectivity index (χ3n) is 2.90. The highest BCUT2D eigenvalue weighted by Gasteiger charge is 2.11. The van der Waals surface area contributed by atoms with E-state index in [-0.39, 0.29) is 17.9 Å². The molecule has 0 aliphatic rings. The van der Waals surface area contributed by atoms with Gasteiger partial charge in [0.2, 0.25) is 0 Å². The molecule has 0 radical (unpaired) electrons. The molecule has 0 saturated heterocycles.